The molecule has 0 amide bonds. The van der Waals surface area contributed by atoms with Gasteiger partial charge in [-0.05, 0) is 12.1 Å². The van der Waals surface area contributed by atoms with Crippen LogP contribution in [0.15, 0.2) is 18.2 Å². The summed E-state index contributed by atoms with van der Waals surface area (Å²) in [5.41, 5.74) is 0. The quantitative estimate of drug-likeness (QED) is 0.628. The van der Waals surface area contributed by atoms with Crippen LogP contribution in [0.5, 0.6) is 5.75 Å². The summed E-state index contributed by atoms with van der Waals surface area (Å²) in [6, 6.07) is 4.88. The average Bonchev–Trinajstić information content (AvgIpc) is 2.29. The second-order valence-corrected chi connectivity index (χ2v) is 4.80. The fourth-order valence-electron chi connectivity index (χ4n) is 0.932. The number of esters is 1. The first-order valence-electron chi connectivity index (χ1n) is 4.34. The molecule has 0 bridgehead atoms. The summed E-state index contributed by atoms with van der Waals surface area (Å²) in [6.07, 6.45) is 0. The maximum atomic E-state index is 11.1. The first kappa shape index (κ1) is 13.6. The molecule has 0 saturated carbocycles. The zero-order chi connectivity index (χ0) is 12.1. The van der Waals surface area contributed by atoms with Gasteiger partial charge in [-0.1, -0.05) is 39.1 Å². The fourth-order valence-corrected chi connectivity index (χ4v) is 1.54. The van der Waals surface area contributed by atoms with Crippen LogP contribution in [0.2, 0.25) is 10.0 Å². The minimum Gasteiger partial charge on any atom is -0.492 e. The molecule has 0 aliphatic heterocycles. The number of ether oxygens (including phenoxy) is 2. The van der Waals surface area contributed by atoms with E-state index in [9.17, 15) is 4.79 Å². The van der Waals surface area contributed by atoms with Gasteiger partial charge in [0.15, 0.2) is 0 Å². The smallest absolute Gasteiger partial charge is 0.322 e. The Hall–Kier alpha value is -0.450. The minimum atomic E-state index is -0.507. The van der Waals surface area contributed by atoms with E-state index in [1.165, 1.54) is 7.11 Å². The van der Waals surface area contributed by atoms with Gasteiger partial charge in [0, 0.05) is 6.07 Å². The van der Waals surface area contributed by atoms with E-state index < -0.39 is 4.83 Å². The number of hydrogen-bond donors (Lipinski definition) is 0. The summed E-state index contributed by atoms with van der Waals surface area (Å²) in [5, 5.41) is 0.862. The number of carbonyl (C=O) groups excluding carboxylic acids is 1. The van der Waals surface area contributed by atoms with Crippen molar-refractivity contribution in [2.24, 2.45) is 0 Å². The summed E-state index contributed by atoms with van der Waals surface area (Å²) in [5.74, 6) is 0.155. The molecule has 0 aromatic heterocycles. The van der Waals surface area contributed by atoms with Crippen molar-refractivity contribution in [1.82, 2.24) is 0 Å². The number of methoxy groups -OCH3 is 1. The van der Waals surface area contributed by atoms with Crippen LogP contribution in [0.1, 0.15) is 0 Å². The van der Waals surface area contributed by atoms with Crippen LogP contribution in [-0.4, -0.2) is 24.5 Å². The molecule has 88 valence electrons. The summed E-state index contributed by atoms with van der Waals surface area (Å²) in [4.78, 5) is 10.6. The van der Waals surface area contributed by atoms with E-state index in [0.717, 1.165) is 0 Å². The van der Waals surface area contributed by atoms with E-state index in [4.69, 9.17) is 27.9 Å². The average molecular weight is 328 g/mol. The molecule has 0 spiro atoms. The molecule has 6 heteroatoms. The monoisotopic (exact) mass is 326 g/mol. The van der Waals surface area contributed by atoms with E-state index in [2.05, 4.69) is 20.7 Å². The van der Waals surface area contributed by atoms with Crippen molar-refractivity contribution in [1.29, 1.82) is 0 Å². The Morgan fingerprint density at radius 3 is 2.69 bits per heavy atom. The highest BCUT2D eigenvalue weighted by atomic mass is 79.9. The minimum absolute atomic E-state index is 0.157. The number of halogens is 3. The van der Waals surface area contributed by atoms with Crippen molar-refractivity contribution in [3.63, 3.8) is 0 Å². The molecule has 1 rings (SSSR count). The Bertz CT molecular complexity index is 384. The van der Waals surface area contributed by atoms with E-state index in [1.807, 2.05) is 0 Å². The maximum absolute atomic E-state index is 11.1. The van der Waals surface area contributed by atoms with Crippen LogP contribution in [-0.2, 0) is 9.53 Å². The largest absolute Gasteiger partial charge is 0.492 e. The molecule has 1 atom stereocenters. The molecule has 16 heavy (non-hydrogen) atoms. The fraction of sp³-hybridized carbons (Fsp3) is 0.300. The van der Waals surface area contributed by atoms with Crippen LogP contribution in [0.4, 0.5) is 0 Å². The Labute approximate surface area is 112 Å². The van der Waals surface area contributed by atoms with Crippen LogP contribution >= 0.6 is 39.1 Å². The van der Waals surface area contributed by atoms with Gasteiger partial charge in [-0.3, -0.25) is 4.79 Å². The summed E-state index contributed by atoms with van der Waals surface area (Å²) < 4.78 is 9.87. The van der Waals surface area contributed by atoms with Crippen molar-refractivity contribution in [3.8, 4) is 5.75 Å². The van der Waals surface area contributed by atoms with E-state index in [1.54, 1.807) is 18.2 Å². The van der Waals surface area contributed by atoms with E-state index in [-0.39, 0.29) is 12.6 Å². The van der Waals surface area contributed by atoms with Gasteiger partial charge in [0.1, 0.15) is 17.2 Å². The Morgan fingerprint density at radius 1 is 1.44 bits per heavy atom. The third kappa shape index (κ3) is 3.85. The molecule has 0 aliphatic rings. The predicted molar refractivity (Wildman–Crippen MR) is 66.7 cm³/mol. The Morgan fingerprint density at radius 2 is 2.12 bits per heavy atom. The van der Waals surface area contributed by atoms with Crippen molar-refractivity contribution >= 4 is 45.1 Å². The second-order valence-electron chi connectivity index (χ2n) is 2.88. The molecule has 0 fully saturated rings. The Kier molecular flexibility index (Phi) is 5.38. The van der Waals surface area contributed by atoms with Crippen molar-refractivity contribution in [3.05, 3.63) is 28.2 Å². The third-order valence-corrected chi connectivity index (χ3v) is 3.12. The number of carbonyl (C=O) groups is 1. The number of alkyl halides is 1. The molecular weight excluding hydrogens is 319 g/mol. The molecular formula is C10H9BrCl2O3. The predicted octanol–water partition coefficient (Wildman–Crippen LogP) is 3.31. The van der Waals surface area contributed by atoms with Gasteiger partial charge in [-0.15, -0.1) is 0 Å². The van der Waals surface area contributed by atoms with Gasteiger partial charge in [0.25, 0.3) is 0 Å². The summed E-state index contributed by atoms with van der Waals surface area (Å²) in [7, 11) is 1.32. The summed E-state index contributed by atoms with van der Waals surface area (Å²) >= 11 is 14.7. The standard InChI is InChI=1S/C10H9BrCl2O3/c1-15-10(14)7(11)5-16-6-2-3-8(12)9(13)4-6/h2-4,7H,5H2,1H3. The van der Waals surface area contributed by atoms with Gasteiger partial charge in [0.2, 0.25) is 0 Å². The molecule has 3 nitrogen and oxygen atoms in total. The first-order valence-corrected chi connectivity index (χ1v) is 6.01. The van der Waals surface area contributed by atoms with Crippen molar-refractivity contribution in [2.45, 2.75) is 4.83 Å². The zero-order valence-corrected chi connectivity index (χ0v) is 11.5. The lowest BCUT2D eigenvalue weighted by atomic mass is 10.3. The molecule has 0 radical (unpaired) electrons. The van der Waals surface area contributed by atoms with Gasteiger partial charge in [-0.2, -0.15) is 0 Å². The van der Waals surface area contributed by atoms with Crippen LogP contribution in [0.25, 0.3) is 0 Å². The number of rotatable bonds is 4. The molecule has 0 heterocycles. The summed E-state index contributed by atoms with van der Waals surface area (Å²) in [6.45, 7) is 0.157. The topological polar surface area (TPSA) is 35.5 Å². The molecule has 1 aromatic rings. The highest BCUT2D eigenvalue weighted by Gasteiger charge is 2.15. The van der Waals surface area contributed by atoms with Crippen LogP contribution < -0.4 is 4.74 Å². The lowest BCUT2D eigenvalue weighted by molar-refractivity contribution is -0.140. The van der Waals surface area contributed by atoms with E-state index in [0.29, 0.717) is 15.8 Å². The van der Waals surface area contributed by atoms with E-state index >= 15 is 0 Å². The van der Waals surface area contributed by atoms with Crippen molar-refractivity contribution < 1.29 is 14.3 Å². The Balaban J connectivity index is 2.55. The van der Waals surface area contributed by atoms with Gasteiger partial charge in [0.05, 0.1) is 17.2 Å². The first-order chi connectivity index (χ1) is 7.54. The third-order valence-electron chi connectivity index (χ3n) is 1.74. The SMILES string of the molecule is COC(=O)C(Br)COc1ccc(Cl)c(Cl)c1. The van der Waals surface area contributed by atoms with Crippen LogP contribution in [0.3, 0.4) is 0 Å². The van der Waals surface area contributed by atoms with Gasteiger partial charge in [-0.25, -0.2) is 0 Å². The molecule has 1 aromatic carbocycles. The molecule has 0 saturated heterocycles. The molecule has 1 unspecified atom stereocenters. The normalized spacial score (nSPS) is 12.0. The van der Waals surface area contributed by atoms with Crippen LogP contribution in [0, 0.1) is 0 Å². The lowest BCUT2D eigenvalue weighted by Gasteiger charge is -2.10. The number of benzene rings is 1. The lowest BCUT2D eigenvalue weighted by Crippen LogP contribution is -2.22. The second kappa shape index (κ2) is 6.33. The van der Waals surface area contributed by atoms with Gasteiger partial charge < -0.3 is 9.47 Å². The maximum Gasteiger partial charge on any atom is 0.322 e. The van der Waals surface area contributed by atoms with Gasteiger partial charge >= 0.3 is 5.97 Å². The zero-order valence-electron chi connectivity index (χ0n) is 8.38. The number of hydrogen-bond acceptors (Lipinski definition) is 3. The van der Waals surface area contributed by atoms with Crippen molar-refractivity contribution in [2.75, 3.05) is 13.7 Å². The molecule has 0 aliphatic carbocycles. The molecule has 0 N–H and O–H groups in total. The highest BCUT2D eigenvalue weighted by Crippen LogP contribution is 2.26. The highest BCUT2D eigenvalue weighted by molar-refractivity contribution is 9.10.